The van der Waals surface area contributed by atoms with Gasteiger partial charge in [-0.2, -0.15) is 0 Å². The van der Waals surface area contributed by atoms with Gasteiger partial charge in [0.1, 0.15) is 17.9 Å². The van der Waals surface area contributed by atoms with Gasteiger partial charge in [0.2, 0.25) is 17.7 Å². The number of alkyl carbamates (subject to hydrolysis) is 1. The van der Waals surface area contributed by atoms with E-state index in [0.29, 0.717) is 49.3 Å². The molecule has 13 heteroatoms. The van der Waals surface area contributed by atoms with Gasteiger partial charge >= 0.3 is 6.09 Å². The summed E-state index contributed by atoms with van der Waals surface area (Å²) >= 11 is 6.63. The second-order valence-electron chi connectivity index (χ2n) is 14.1. The van der Waals surface area contributed by atoms with E-state index in [9.17, 15) is 24.0 Å². The van der Waals surface area contributed by atoms with Gasteiger partial charge in [0.15, 0.2) is 10.9 Å². The molecule has 4 aromatic rings. The fourth-order valence-corrected chi connectivity index (χ4v) is 7.84. The number of anilines is 1. The molecule has 0 bridgehead atoms. The SMILES string of the molecule is COC(=O)N[C@H](C(=O)N1CCC[C@H]1c1nc(Cl)c(-c2ccc(-c3ccc(C(=O)CNC(=O)[C@@H]4Cc5cccc6c5N4C(=O)[C]CC6)cc3)cc2)[nH]1)C(C)C. The predicted molar refractivity (Wildman–Crippen MR) is 203 cm³/mol. The van der Waals surface area contributed by atoms with Crippen molar-refractivity contribution >= 4 is 46.9 Å². The molecule has 4 heterocycles. The molecule has 3 aromatic carbocycles. The van der Waals surface area contributed by atoms with Crippen molar-refractivity contribution in [3.63, 3.8) is 0 Å². The Morgan fingerprint density at radius 2 is 1.69 bits per heavy atom. The number of imidazole rings is 1. The minimum Gasteiger partial charge on any atom is -0.453 e. The molecule has 2 radical (unpaired) electrons. The number of aromatic nitrogens is 2. The van der Waals surface area contributed by atoms with Crippen LogP contribution in [0.1, 0.15) is 66.5 Å². The number of H-pyrrole nitrogens is 1. The first-order valence-electron chi connectivity index (χ1n) is 18.1. The Kier molecular flexibility index (Phi) is 10.6. The molecule has 54 heavy (non-hydrogen) atoms. The first-order valence-corrected chi connectivity index (χ1v) is 18.5. The molecule has 3 atom stereocenters. The van der Waals surface area contributed by atoms with Gasteiger partial charge in [-0.25, -0.2) is 9.78 Å². The van der Waals surface area contributed by atoms with E-state index in [4.69, 9.17) is 16.3 Å². The fourth-order valence-electron chi connectivity index (χ4n) is 7.59. The molecule has 3 N–H and O–H groups in total. The number of nitrogens with one attached hydrogen (secondary N) is 3. The third-order valence-corrected chi connectivity index (χ3v) is 10.7. The topological polar surface area (TPSA) is 154 Å². The summed E-state index contributed by atoms with van der Waals surface area (Å²) in [6.07, 6.45) is 5.30. The number of methoxy groups -OCH3 is 1. The third-order valence-electron chi connectivity index (χ3n) is 10.4. The van der Waals surface area contributed by atoms with E-state index in [2.05, 4.69) is 27.0 Å². The Labute approximate surface area is 318 Å². The molecule has 3 aliphatic heterocycles. The molecule has 278 valence electrons. The lowest BCUT2D eigenvalue weighted by molar-refractivity contribution is -0.135. The minimum atomic E-state index is -0.738. The lowest BCUT2D eigenvalue weighted by atomic mass is 10.0. The lowest BCUT2D eigenvalue weighted by Gasteiger charge is -2.29. The summed E-state index contributed by atoms with van der Waals surface area (Å²) in [5, 5.41) is 5.71. The molecule has 12 nitrogen and oxygen atoms in total. The lowest BCUT2D eigenvalue weighted by Crippen LogP contribution is -2.51. The monoisotopic (exact) mass is 748 g/mol. The average molecular weight is 749 g/mol. The summed E-state index contributed by atoms with van der Waals surface area (Å²) in [6.45, 7) is 4.08. The van der Waals surface area contributed by atoms with Gasteiger partial charge in [0, 0.05) is 24.1 Å². The molecule has 1 fully saturated rings. The Morgan fingerprint density at radius 3 is 2.39 bits per heavy atom. The first-order chi connectivity index (χ1) is 26.0. The highest BCUT2D eigenvalue weighted by Crippen LogP contribution is 2.39. The van der Waals surface area contributed by atoms with E-state index in [1.807, 2.05) is 68.4 Å². The van der Waals surface area contributed by atoms with E-state index in [1.165, 1.54) is 12.0 Å². The number of hydrogen-bond acceptors (Lipinski definition) is 7. The molecule has 4 amide bonds. The number of para-hydroxylation sites is 1. The molecule has 0 saturated carbocycles. The van der Waals surface area contributed by atoms with Crippen molar-refractivity contribution in [3.05, 3.63) is 101 Å². The number of benzene rings is 3. The molecule has 1 saturated heterocycles. The van der Waals surface area contributed by atoms with Crippen LogP contribution >= 0.6 is 11.6 Å². The zero-order chi connectivity index (χ0) is 38.1. The van der Waals surface area contributed by atoms with E-state index >= 15 is 0 Å². The maximum absolute atomic E-state index is 13.5. The van der Waals surface area contributed by atoms with Crippen molar-refractivity contribution in [3.8, 4) is 22.4 Å². The van der Waals surface area contributed by atoms with Crippen LogP contribution in [0.2, 0.25) is 5.15 Å². The summed E-state index contributed by atoms with van der Waals surface area (Å²) in [5.74, 6) is -0.679. The van der Waals surface area contributed by atoms with Crippen LogP contribution in [0.15, 0.2) is 66.7 Å². The Bertz CT molecular complexity index is 2100. The summed E-state index contributed by atoms with van der Waals surface area (Å²) in [7, 11) is 1.27. The normalized spacial score (nSPS) is 18.3. The zero-order valence-electron chi connectivity index (χ0n) is 30.3. The van der Waals surface area contributed by atoms with Gasteiger partial charge in [0.05, 0.1) is 37.5 Å². The second-order valence-corrected chi connectivity index (χ2v) is 14.5. The Morgan fingerprint density at radius 1 is 1.00 bits per heavy atom. The Balaban J connectivity index is 0.979. The molecule has 0 spiro atoms. The van der Waals surface area contributed by atoms with Crippen LogP contribution < -0.4 is 15.5 Å². The smallest absolute Gasteiger partial charge is 0.407 e. The third kappa shape index (κ3) is 7.22. The summed E-state index contributed by atoms with van der Waals surface area (Å²) < 4.78 is 4.73. The molecule has 1 aromatic heterocycles. The standard InChI is InChI=1S/C41H41ClN6O6/c1-23(2)34(45-41(53)54-3)40(52)47-20-6-10-30(47)38-44-35(37(42)46-38)27-18-14-25(15-19-27)24-12-16-26(17-13-24)32(49)22-43-39(51)31-21-29-9-4-7-28-8-5-11-33(50)48(31)36(28)29/h4,7,9,12-19,23,30-31,34H,5-6,8,10,20-22H2,1-3H3,(H,43,51)(H,44,46)(H,45,53)/t30-,31-,34-/m0/s1. The maximum Gasteiger partial charge on any atom is 0.407 e. The highest BCUT2D eigenvalue weighted by atomic mass is 35.5. The van der Waals surface area contributed by atoms with Crippen LogP contribution in [-0.4, -0.2) is 76.7 Å². The predicted octanol–water partition coefficient (Wildman–Crippen LogP) is 5.73. The number of aromatic amines is 1. The number of hydrogen-bond donors (Lipinski definition) is 3. The molecule has 0 aliphatic carbocycles. The van der Waals surface area contributed by atoms with E-state index in [-0.39, 0.29) is 47.2 Å². The number of rotatable bonds is 10. The van der Waals surface area contributed by atoms with Crippen molar-refractivity contribution < 1.29 is 28.7 Å². The molecular weight excluding hydrogens is 708 g/mol. The number of ether oxygens (including phenoxy) is 1. The van der Waals surface area contributed by atoms with E-state index in [1.54, 1.807) is 17.0 Å². The van der Waals surface area contributed by atoms with Crippen LogP contribution in [0.3, 0.4) is 0 Å². The number of nitrogens with zero attached hydrogens (tertiary/aromatic N) is 3. The largest absolute Gasteiger partial charge is 0.453 e. The number of halogens is 1. The van der Waals surface area contributed by atoms with E-state index in [0.717, 1.165) is 39.9 Å². The van der Waals surface area contributed by atoms with Crippen LogP contribution in [-0.2, 0) is 32.0 Å². The number of carbonyl (C=O) groups excluding carboxylic acids is 5. The van der Waals surface area contributed by atoms with Gasteiger partial charge in [-0.05, 0) is 53.9 Å². The minimum absolute atomic E-state index is 0.146. The number of likely N-dealkylation sites (tertiary alicyclic amines) is 1. The van der Waals surface area contributed by atoms with Crippen molar-refractivity contribution in [2.24, 2.45) is 5.92 Å². The number of carbonyl (C=O) groups is 5. The summed E-state index contributed by atoms with van der Waals surface area (Å²) in [5.41, 5.74) is 6.50. The van der Waals surface area contributed by atoms with Gasteiger partial charge in [0.25, 0.3) is 0 Å². The quantitative estimate of drug-likeness (QED) is 0.175. The highest BCUT2D eigenvalue weighted by Gasteiger charge is 2.41. The van der Waals surface area contributed by atoms with Gasteiger partial charge in [-0.3, -0.25) is 24.1 Å². The molecule has 3 aliphatic rings. The van der Waals surface area contributed by atoms with Gasteiger partial charge < -0.3 is 25.3 Å². The van der Waals surface area contributed by atoms with Crippen LogP contribution in [0, 0.1) is 12.3 Å². The first kappa shape index (κ1) is 36.9. The van der Waals surface area contributed by atoms with Crippen molar-refractivity contribution in [2.75, 3.05) is 25.1 Å². The zero-order valence-corrected chi connectivity index (χ0v) is 31.0. The summed E-state index contributed by atoms with van der Waals surface area (Å²) in [4.78, 5) is 75.9. The highest BCUT2D eigenvalue weighted by molar-refractivity contribution is 6.32. The molecular formula is C41H41ClN6O6. The van der Waals surface area contributed by atoms with Crippen molar-refractivity contribution in [2.45, 2.75) is 64.1 Å². The van der Waals surface area contributed by atoms with Crippen LogP contribution in [0.25, 0.3) is 22.4 Å². The van der Waals surface area contributed by atoms with Crippen LogP contribution in [0.4, 0.5) is 10.5 Å². The molecule has 0 unspecified atom stereocenters. The number of ketones is 1. The fraction of sp³-hybridized carbons (Fsp3) is 0.341. The maximum atomic E-state index is 13.5. The Hall–Kier alpha value is -5.49. The summed E-state index contributed by atoms with van der Waals surface area (Å²) in [6, 6.07) is 19.0. The van der Waals surface area contributed by atoms with Gasteiger partial charge in [-0.15, -0.1) is 0 Å². The van der Waals surface area contributed by atoms with E-state index < -0.39 is 18.2 Å². The van der Waals surface area contributed by atoms with Crippen molar-refractivity contribution in [1.82, 2.24) is 25.5 Å². The number of Topliss-reactive ketones (excluding diaryl/α,β-unsaturated/α-hetero) is 1. The molecule has 7 rings (SSSR count). The number of aryl methyl sites for hydroxylation is 1. The number of amides is 4. The van der Waals surface area contributed by atoms with Gasteiger partial charge in [-0.1, -0.05) is 92.2 Å². The second kappa shape index (κ2) is 15.5. The average Bonchev–Trinajstić information content (AvgIpc) is 3.90. The van der Waals surface area contributed by atoms with Crippen molar-refractivity contribution in [1.29, 1.82) is 0 Å². The van der Waals surface area contributed by atoms with Crippen LogP contribution in [0.5, 0.6) is 0 Å².